The minimum Gasteiger partial charge on any atom is -0.411 e. The summed E-state index contributed by atoms with van der Waals surface area (Å²) < 4.78 is 0. The molecule has 0 saturated carbocycles. The van der Waals surface area contributed by atoms with Gasteiger partial charge in [-0.15, -0.1) is 0 Å². The van der Waals surface area contributed by atoms with Crippen molar-refractivity contribution in [3.8, 4) is 0 Å². The molecule has 0 aliphatic rings. The van der Waals surface area contributed by atoms with Crippen LogP contribution in [0.4, 0.5) is 0 Å². The van der Waals surface area contributed by atoms with Crippen LogP contribution in [0.2, 0.25) is 12.6 Å². The minimum absolute atomic E-state index is 0.645. The Hall–Kier alpha value is 0.137. The average Bonchev–Trinajstić information content (AvgIpc) is 2.59. The maximum absolute atomic E-state index is 9.36. The molecular weight excluding hydrogens is 336 g/mol. The monoisotopic (exact) mass is 386 g/mol. The highest BCUT2D eigenvalue weighted by Crippen LogP contribution is 2.15. The lowest BCUT2D eigenvalue weighted by molar-refractivity contribution is 0.366. The van der Waals surface area contributed by atoms with Gasteiger partial charge in [0, 0.05) is 0 Å². The van der Waals surface area contributed by atoms with Crippen molar-refractivity contribution in [1.29, 1.82) is 0 Å². The second kappa shape index (κ2) is 19.9. The van der Waals surface area contributed by atoms with E-state index < -0.39 is 8.56 Å². The Bertz CT molecular complexity index is 263. The predicted octanol–water partition coefficient (Wildman–Crippen LogP) is 7.86. The van der Waals surface area contributed by atoms with Crippen molar-refractivity contribution in [1.82, 2.24) is 0 Å². The molecular formula is C23H50O2Si. The third-order valence-corrected chi connectivity index (χ3v) is 6.80. The van der Waals surface area contributed by atoms with Crippen LogP contribution in [-0.4, -0.2) is 18.2 Å². The van der Waals surface area contributed by atoms with Gasteiger partial charge in [0.25, 0.3) is 0 Å². The van der Waals surface area contributed by atoms with E-state index in [1.54, 1.807) is 6.55 Å². The first-order valence-corrected chi connectivity index (χ1v) is 14.6. The molecule has 0 aromatic heterocycles. The summed E-state index contributed by atoms with van der Waals surface area (Å²) >= 11 is 0. The molecule has 0 saturated heterocycles. The molecule has 2 N–H and O–H groups in total. The van der Waals surface area contributed by atoms with Crippen LogP contribution in [-0.2, 0) is 0 Å². The molecule has 2 nitrogen and oxygen atoms in total. The molecule has 0 amide bonds. The van der Waals surface area contributed by atoms with E-state index in [0.29, 0.717) is 6.04 Å². The van der Waals surface area contributed by atoms with Crippen LogP contribution in [0.25, 0.3) is 0 Å². The fourth-order valence-electron chi connectivity index (χ4n) is 3.72. The fraction of sp³-hybridized carbons (Fsp3) is 1.00. The Kier molecular flexibility index (Phi) is 20.0. The summed E-state index contributed by atoms with van der Waals surface area (Å²) in [5.41, 5.74) is 0. The average molecular weight is 387 g/mol. The van der Waals surface area contributed by atoms with E-state index in [0.717, 1.165) is 6.42 Å². The first-order chi connectivity index (χ1) is 12.6. The molecule has 0 aromatic rings. The van der Waals surface area contributed by atoms with Gasteiger partial charge < -0.3 is 9.59 Å². The topological polar surface area (TPSA) is 40.5 Å². The Balaban J connectivity index is 3.01. The maximum atomic E-state index is 9.36. The Morgan fingerprint density at radius 3 is 0.885 bits per heavy atom. The smallest absolute Gasteiger partial charge is 0.329 e. The Labute approximate surface area is 166 Å². The van der Waals surface area contributed by atoms with Gasteiger partial charge in [-0.3, -0.25) is 0 Å². The first-order valence-electron chi connectivity index (χ1n) is 12.0. The van der Waals surface area contributed by atoms with Crippen molar-refractivity contribution >= 4 is 8.56 Å². The SMILES string of the molecule is CCCCCCCCCCCCCCCCCCCCCC[Si](C)(O)O. The lowest BCUT2D eigenvalue weighted by atomic mass is 10.0. The van der Waals surface area contributed by atoms with Crippen LogP contribution < -0.4 is 0 Å². The molecule has 0 aliphatic heterocycles. The molecule has 0 bridgehead atoms. The Morgan fingerprint density at radius 1 is 0.423 bits per heavy atom. The highest BCUT2D eigenvalue weighted by molar-refractivity contribution is 6.63. The second-order valence-corrected chi connectivity index (χ2v) is 11.6. The van der Waals surface area contributed by atoms with Crippen molar-refractivity contribution in [2.45, 2.75) is 148 Å². The van der Waals surface area contributed by atoms with E-state index in [1.165, 1.54) is 122 Å². The third kappa shape index (κ3) is 24.1. The number of hydrogen-bond donors (Lipinski definition) is 2. The van der Waals surface area contributed by atoms with Crippen LogP contribution in [0.15, 0.2) is 0 Å². The van der Waals surface area contributed by atoms with Gasteiger partial charge in [-0.25, -0.2) is 0 Å². The van der Waals surface area contributed by atoms with Gasteiger partial charge in [-0.1, -0.05) is 135 Å². The van der Waals surface area contributed by atoms with Crippen LogP contribution in [0.5, 0.6) is 0 Å². The third-order valence-electron chi connectivity index (χ3n) is 5.50. The van der Waals surface area contributed by atoms with Gasteiger partial charge in [-0.2, -0.15) is 0 Å². The summed E-state index contributed by atoms with van der Waals surface area (Å²) in [6.45, 7) is 3.90. The molecule has 0 unspecified atom stereocenters. The summed E-state index contributed by atoms with van der Waals surface area (Å²) in [5.74, 6) is 0. The minimum atomic E-state index is -2.77. The highest BCUT2D eigenvalue weighted by Gasteiger charge is 2.19. The number of hydrogen-bond acceptors (Lipinski definition) is 2. The predicted molar refractivity (Wildman–Crippen MR) is 119 cm³/mol. The van der Waals surface area contributed by atoms with E-state index in [4.69, 9.17) is 0 Å². The maximum Gasteiger partial charge on any atom is 0.329 e. The second-order valence-electron chi connectivity index (χ2n) is 8.68. The molecule has 0 aliphatic carbocycles. The standard InChI is InChI=1S/C23H50O2Si/c1-3-4-5-6-7-8-9-10-11-12-13-14-15-16-17-18-19-20-21-22-23-26(2,24)25/h24-25H,3-23H2,1-2H3. The lowest BCUT2D eigenvalue weighted by Crippen LogP contribution is -2.29. The molecule has 0 atom stereocenters. The zero-order chi connectivity index (χ0) is 19.3. The molecule has 0 fully saturated rings. The quantitative estimate of drug-likeness (QED) is 0.156. The molecule has 158 valence electrons. The van der Waals surface area contributed by atoms with E-state index in [1.807, 2.05) is 0 Å². The van der Waals surface area contributed by atoms with Gasteiger partial charge in [-0.05, 0) is 12.6 Å². The van der Waals surface area contributed by atoms with Gasteiger partial charge in [0.2, 0.25) is 0 Å². The van der Waals surface area contributed by atoms with Crippen molar-refractivity contribution in [2.75, 3.05) is 0 Å². The van der Waals surface area contributed by atoms with Crippen molar-refractivity contribution in [3.63, 3.8) is 0 Å². The number of unbranched alkanes of at least 4 members (excludes halogenated alkanes) is 19. The van der Waals surface area contributed by atoms with Gasteiger partial charge >= 0.3 is 8.56 Å². The van der Waals surface area contributed by atoms with E-state index in [-0.39, 0.29) is 0 Å². The molecule has 0 aromatic carbocycles. The summed E-state index contributed by atoms with van der Waals surface area (Å²) in [6.07, 6.45) is 27.7. The van der Waals surface area contributed by atoms with E-state index in [2.05, 4.69) is 6.92 Å². The largest absolute Gasteiger partial charge is 0.411 e. The summed E-state index contributed by atoms with van der Waals surface area (Å²) in [7, 11) is -2.77. The highest BCUT2D eigenvalue weighted by atomic mass is 28.4. The van der Waals surface area contributed by atoms with Crippen molar-refractivity contribution in [2.24, 2.45) is 0 Å². The van der Waals surface area contributed by atoms with Crippen LogP contribution in [0, 0.1) is 0 Å². The van der Waals surface area contributed by atoms with Gasteiger partial charge in [0.15, 0.2) is 0 Å². The molecule has 0 rings (SSSR count). The van der Waals surface area contributed by atoms with Crippen LogP contribution >= 0.6 is 0 Å². The lowest BCUT2D eigenvalue weighted by Gasteiger charge is -2.10. The van der Waals surface area contributed by atoms with E-state index in [9.17, 15) is 9.59 Å². The number of rotatable bonds is 21. The van der Waals surface area contributed by atoms with Crippen molar-refractivity contribution in [3.05, 3.63) is 0 Å². The van der Waals surface area contributed by atoms with Gasteiger partial charge in [0.1, 0.15) is 0 Å². The molecule has 0 radical (unpaired) electrons. The zero-order valence-electron chi connectivity index (χ0n) is 18.2. The Morgan fingerprint density at radius 2 is 0.654 bits per heavy atom. The zero-order valence-corrected chi connectivity index (χ0v) is 19.2. The molecule has 3 heteroatoms. The normalized spacial score (nSPS) is 12.0. The summed E-state index contributed by atoms with van der Waals surface area (Å²) in [5, 5.41) is 0. The summed E-state index contributed by atoms with van der Waals surface area (Å²) in [4.78, 5) is 18.7. The van der Waals surface area contributed by atoms with Crippen LogP contribution in [0.3, 0.4) is 0 Å². The molecule has 26 heavy (non-hydrogen) atoms. The molecule has 0 spiro atoms. The molecule has 0 heterocycles. The van der Waals surface area contributed by atoms with E-state index >= 15 is 0 Å². The van der Waals surface area contributed by atoms with Gasteiger partial charge in [0.05, 0.1) is 0 Å². The van der Waals surface area contributed by atoms with Crippen molar-refractivity contribution < 1.29 is 9.59 Å². The summed E-state index contributed by atoms with van der Waals surface area (Å²) in [6, 6.07) is 0.645. The van der Waals surface area contributed by atoms with Crippen LogP contribution in [0.1, 0.15) is 135 Å². The first kappa shape index (κ1) is 26.1. The fourth-order valence-corrected chi connectivity index (χ4v) is 4.63.